The van der Waals surface area contributed by atoms with Crippen LogP contribution in [0.3, 0.4) is 0 Å². The number of aliphatic carboxylic acids is 1. The van der Waals surface area contributed by atoms with Gasteiger partial charge in [0.15, 0.2) is 5.78 Å². The van der Waals surface area contributed by atoms with E-state index in [2.05, 4.69) is 0 Å². The highest BCUT2D eigenvalue weighted by molar-refractivity contribution is 7.89. The van der Waals surface area contributed by atoms with Crippen LogP contribution in [0.4, 0.5) is 0 Å². The van der Waals surface area contributed by atoms with E-state index < -0.39 is 22.5 Å². The number of carboxylic acid groups (broad SMARTS) is 1. The first-order valence-electron chi connectivity index (χ1n) is 6.46. The van der Waals surface area contributed by atoms with Gasteiger partial charge in [-0.2, -0.15) is 4.31 Å². The molecular formula is C14H19NO5S. The van der Waals surface area contributed by atoms with E-state index in [9.17, 15) is 18.0 Å². The Labute approximate surface area is 124 Å². The lowest BCUT2D eigenvalue weighted by atomic mass is 10.0. The first-order chi connectivity index (χ1) is 9.64. The molecule has 0 heterocycles. The summed E-state index contributed by atoms with van der Waals surface area (Å²) in [5.41, 5.74) is 0.448. The number of carbonyl (C=O) groups is 2. The monoisotopic (exact) mass is 313 g/mol. The smallest absolute Gasteiger partial charge is 0.318 e. The van der Waals surface area contributed by atoms with Crippen LogP contribution in [0, 0.1) is 5.92 Å². The van der Waals surface area contributed by atoms with Crippen molar-refractivity contribution in [1.29, 1.82) is 0 Å². The third kappa shape index (κ3) is 4.64. The van der Waals surface area contributed by atoms with Crippen molar-refractivity contribution < 1.29 is 23.1 Å². The number of likely N-dealkylation sites (N-methyl/N-ethyl adjacent to an activating group) is 1. The summed E-state index contributed by atoms with van der Waals surface area (Å²) in [5, 5.41) is 8.64. The molecule has 0 spiro atoms. The number of rotatable bonds is 7. The number of nitrogens with zero attached hydrogens (tertiary/aromatic N) is 1. The van der Waals surface area contributed by atoms with Crippen LogP contribution in [0.15, 0.2) is 29.2 Å². The molecule has 116 valence electrons. The molecule has 0 bridgehead atoms. The largest absolute Gasteiger partial charge is 0.480 e. The van der Waals surface area contributed by atoms with Crippen molar-refractivity contribution in [1.82, 2.24) is 4.31 Å². The summed E-state index contributed by atoms with van der Waals surface area (Å²) < 4.78 is 25.0. The van der Waals surface area contributed by atoms with E-state index in [1.165, 1.54) is 31.3 Å². The quantitative estimate of drug-likeness (QED) is 0.772. The van der Waals surface area contributed by atoms with Crippen molar-refractivity contribution in [3.05, 3.63) is 29.8 Å². The Morgan fingerprint density at radius 3 is 2.14 bits per heavy atom. The number of hydrogen-bond donors (Lipinski definition) is 1. The second kappa shape index (κ2) is 6.82. The van der Waals surface area contributed by atoms with Crippen LogP contribution in [0.5, 0.6) is 0 Å². The Morgan fingerprint density at radius 1 is 1.19 bits per heavy atom. The predicted molar refractivity (Wildman–Crippen MR) is 77.7 cm³/mol. The number of benzene rings is 1. The van der Waals surface area contributed by atoms with Crippen molar-refractivity contribution in [2.75, 3.05) is 13.6 Å². The highest BCUT2D eigenvalue weighted by Gasteiger charge is 2.23. The Kier molecular flexibility index (Phi) is 5.62. The van der Waals surface area contributed by atoms with Gasteiger partial charge in [-0.3, -0.25) is 9.59 Å². The molecule has 6 nitrogen and oxygen atoms in total. The SMILES string of the molecule is CC(C)CC(=O)c1ccc(S(=O)(=O)N(C)CC(=O)O)cc1. The molecule has 0 aliphatic carbocycles. The van der Waals surface area contributed by atoms with E-state index in [1.54, 1.807) is 0 Å². The maximum absolute atomic E-state index is 12.1. The van der Waals surface area contributed by atoms with Crippen LogP contribution >= 0.6 is 0 Å². The maximum atomic E-state index is 12.1. The third-order valence-electron chi connectivity index (χ3n) is 2.84. The molecule has 0 amide bonds. The van der Waals surface area contributed by atoms with Gasteiger partial charge >= 0.3 is 5.97 Å². The molecule has 0 atom stereocenters. The van der Waals surface area contributed by atoms with Crippen LogP contribution in [-0.4, -0.2) is 43.2 Å². The van der Waals surface area contributed by atoms with E-state index in [0.29, 0.717) is 12.0 Å². The van der Waals surface area contributed by atoms with Gasteiger partial charge < -0.3 is 5.11 Å². The summed E-state index contributed by atoms with van der Waals surface area (Å²) in [6.45, 7) is 3.24. The zero-order chi connectivity index (χ0) is 16.2. The molecule has 0 aromatic heterocycles. The molecule has 1 N–H and O–H groups in total. The molecule has 1 aromatic carbocycles. The molecule has 7 heteroatoms. The summed E-state index contributed by atoms with van der Waals surface area (Å²) in [6, 6.07) is 5.54. The molecule has 0 saturated heterocycles. The second-order valence-electron chi connectivity index (χ2n) is 5.20. The van der Waals surface area contributed by atoms with E-state index in [0.717, 1.165) is 4.31 Å². The van der Waals surface area contributed by atoms with Gasteiger partial charge in [-0.05, 0) is 18.1 Å². The van der Waals surface area contributed by atoms with Crippen LogP contribution in [0.2, 0.25) is 0 Å². The highest BCUT2D eigenvalue weighted by atomic mass is 32.2. The molecule has 0 radical (unpaired) electrons. The van der Waals surface area contributed by atoms with Crippen LogP contribution in [0.25, 0.3) is 0 Å². The zero-order valence-corrected chi connectivity index (χ0v) is 13.1. The van der Waals surface area contributed by atoms with E-state index in [1.807, 2.05) is 13.8 Å². The maximum Gasteiger partial charge on any atom is 0.318 e. The van der Waals surface area contributed by atoms with Gasteiger partial charge in [-0.25, -0.2) is 8.42 Å². The van der Waals surface area contributed by atoms with Gasteiger partial charge in [-0.15, -0.1) is 0 Å². The summed E-state index contributed by atoms with van der Waals surface area (Å²) in [6.07, 6.45) is 0.394. The van der Waals surface area contributed by atoms with Crippen molar-refractivity contribution >= 4 is 21.8 Å². The average Bonchev–Trinajstić information content (AvgIpc) is 2.37. The minimum Gasteiger partial charge on any atom is -0.480 e. The normalized spacial score (nSPS) is 11.9. The third-order valence-corrected chi connectivity index (χ3v) is 4.65. The fraction of sp³-hybridized carbons (Fsp3) is 0.429. The van der Waals surface area contributed by atoms with Crippen molar-refractivity contribution in [2.45, 2.75) is 25.2 Å². The van der Waals surface area contributed by atoms with Crippen molar-refractivity contribution in [3.63, 3.8) is 0 Å². The number of hydrogen-bond acceptors (Lipinski definition) is 4. The zero-order valence-electron chi connectivity index (χ0n) is 12.2. The Bertz CT molecular complexity index is 619. The summed E-state index contributed by atoms with van der Waals surface area (Å²) in [7, 11) is -2.66. The number of Topliss-reactive ketones (excluding diaryl/α,β-unsaturated/α-hetero) is 1. The fourth-order valence-corrected chi connectivity index (χ4v) is 2.88. The average molecular weight is 313 g/mol. The lowest BCUT2D eigenvalue weighted by Gasteiger charge is -2.15. The van der Waals surface area contributed by atoms with Crippen LogP contribution in [0.1, 0.15) is 30.6 Å². The van der Waals surface area contributed by atoms with E-state index in [4.69, 9.17) is 5.11 Å². The first-order valence-corrected chi connectivity index (χ1v) is 7.90. The summed E-state index contributed by atoms with van der Waals surface area (Å²) in [5.74, 6) is -1.06. The van der Waals surface area contributed by atoms with Gasteiger partial charge in [0.25, 0.3) is 0 Å². The number of carboxylic acids is 1. The molecule has 1 rings (SSSR count). The predicted octanol–water partition coefficient (Wildman–Crippen LogP) is 1.62. The lowest BCUT2D eigenvalue weighted by Crippen LogP contribution is -2.32. The molecule has 21 heavy (non-hydrogen) atoms. The number of carbonyl (C=O) groups excluding carboxylic acids is 1. The first kappa shape index (κ1) is 17.3. The number of ketones is 1. The Hall–Kier alpha value is -1.73. The fourth-order valence-electron chi connectivity index (χ4n) is 1.76. The standard InChI is InChI=1S/C14H19NO5S/c1-10(2)8-13(16)11-4-6-12(7-5-11)21(19,20)15(3)9-14(17)18/h4-7,10H,8-9H2,1-3H3,(H,17,18). The number of sulfonamides is 1. The van der Waals surface area contributed by atoms with Crippen LogP contribution < -0.4 is 0 Å². The summed E-state index contributed by atoms with van der Waals surface area (Å²) in [4.78, 5) is 22.4. The summed E-state index contributed by atoms with van der Waals surface area (Å²) >= 11 is 0. The molecule has 0 aliphatic heterocycles. The van der Waals surface area contributed by atoms with Crippen molar-refractivity contribution in [3.8, 4) is 0 Å². The van der Waals surface area contributed by atoms with Crippen molar-refractivity contribution in [2.24, 2.45) is 5.92 Å². The topological polar surface area (TPSA) is 91.8 Å². The molecule has 0 aliphatic rings. The van der Waals surface area contributed by atoms with Crippen LogP contribution in [-0.2, 0) is 14.8 Å². The molecular weight excluding hydrogens is 294 g/mol. The van der Waals surface area contributed by atoms with E-state index >= 15 is 0 Å². The van der Waals surface area contributed by atoms with E-state index in [-0.39, 0.29) is 16.6 Å². The molecule has 1 aromatic rings. The molecule has 0 unspecified atom stereocenters. The second-order valence-corrected chi connectivity index (χ2v) is 7.25. The van der Waals surface area contributed by atoms with Gasteiger partial charge in [0.1, 0.15) is 6.54 Å². The molecule has 0 saturated carbocycles. The van der Waals surface area contributed by atoms with Gasteiger partial charge in [0.05, 0.1) is 4.90 Å². The highest BCUT2D eigenvalue weighted by Crippen LogP contribution is 2.17. The van der Waals surface area contributed by atoms with Gasteiger partial charge in [-0.1, -0.05) is 26.0 Å². The molecule has 0 fully saturated rings. The lowest BCUT2D eigenvalue weighted by molar-refractivity contribution is -0.137. The Balaban J connectivity index is 2.96. The minimum absolute atomic E-state index is 0.0349. The van der Waals surface area contributed by atoms with Gasteiger partial charge in [0, 0.05) is 19.0 Å². The Morgan fingerprint density at radius 2 is 1.71 bits per heavy atom. The van der Waals surface area contributed by atoms with Gasteiger partial charge in [0.2, 0.25) is 10.0 Å². The minimum atomic E-state index is -3.86.